The van der Waals surface area contributed by atoms with Gasteiger partial charge in [0, 0.05) is 30.9 Å². The van der Waals surface area contributed by atoms with E-state index in [4.69, 9.17) is 0 Å². The van der Waals surface area contributed by atoms with Gasteiger partial charge < -0.3 is 10.3 Å². The van der Waals surface area contributed by atoms with E-state index in [-0.39, 0.29) is 5.41 Å². The number of H-pyrrole nitrogens is 1. The van der Waals surface area contributed by atoms with Gasteiger partial charge in [-0.2, -0.15) is 0 Å². The summed E-state index contributed by atoms with van der Waals surface area (Å²) in [5, 5.41) is 3.51. The maximum Gasteiger partial charge on any atom is 0.0220 e. The first-order chi connectivity index (χ1) is 8.18. The molecule has 2 N–H and O–H groups in total. The van der Waals surface area contributed by atoms with Crippen molar-refractivity contribution in [2.75, 3.05) is 6.54 Å². The van der Waals surface area contributed by atoms with E-state index in [0.717, 1.165) is 13.1 Å². The van der Waals surface area contributed by atoms with Gasteiger partial charge in [-0.15, -0.1) is 0 Å². The van der Waals surface area contributed by atoms with Crippen molar-refractivity contribution in [1.82, 2.24) is 10.3 Å². The lowest BCUT2D eigenvalue weighted by molar-refractivity contribution is 0.469. The maximum absolute atomic E-state index is 3.51. The molecule has 0 spiro atoms. The zero-order valence-electron chi connectivity index (χ0n) is 10.5. The molecule has 0 bridgehead atoms. The second-order valence-electron chi connectivity index (χ2n) is 5.07. The molecule has 0 radical (unpaired) electrons. The van der Waals surface area contributed by atoms with Crippen LogP contribution < -0.4 is 5.32 Å². The van der Waals surface area contributed by atoms with Crippen LogP contribution in [0.25, 0.3) is 0 Å². The van der Waals surface area contributed by atoms with Crippen LogP contribution >= 0.6 is 0 Å². The van der Waals surface area contributed by atoms with Crippen LogP contribution in [0, 0.1) is 0 Å². The first-order valence-corrected chi connectivity index (χ1v) is 6.06. The summed E-state index contributed by atoms with van der Waals surface area (Å²) in [6.45, 7) is 6.43. The first-order valence-electron chi connectivity index (χ1n) is 6.06. The Morgan fingerprint density at radius 3 is 2.53 bits per heavy atom. The topological polar surface area (TPSA) is 27.8 Å². The van der Waals surface area contributed by atoms with Crippen LogP contribution in [-0.4, -0.2) is 11.5 Å². The molecule has 2 heteroatoms. The monoisotopic (exact) mass is 228 g/mol. The van der Waals surface area contributed by atoms with Crippen LogP contribution in [0.15, 0.2) is 48.8 Å². The Kier molecular flexibility index (Phi) is 3.64. The molecule has 0 fully saturated rings. The molecule has 1 aromatic heterocycles. The number of hydrogen-bond acceptors (Lipinski definition) is 1. The molecule has 2 aromatic rings. The zero-order valence-corrected chi connectivity index (χ0v) is 10.5. The second kappa shape index (κ2) is 5.19. The minimum absolute atomic E-state index is 0.164. The van der Waals surface area contributed by atoms with Crippen LogP contribution in [0.5, 0.6) is 0 Å². The highest BCUT2D eigenvalue weighted by Crippen LogP contribution is 2.21. The molecule has 0 aliphatic heterocycles. The second-order valence-corrected chi connectivity index (χ2v) is 5.07. The fourth-order valence-electron chi connectivity index (χ4n) is 1.98. The van der Waals surface area contributed by atoms with Gasteiger partial charge in [0.2, 0.25) is 0 Å². The molecular weight excluding hydrogens is 208 g/mol. The van der Waals surface area contributed by atoms with Gasteiger partial charge in [-0.3, -0.25) is 0 Å². The van der Waals surface area contributed by atoms with Gasteiger partial charge in [0.15, 0.2) is 0 Å². The average molecular weight is 228 g/mol. The molecule has 0 saturated heterocycles. The quantitative estimate of drug-likeness (QED) is 0.808. The molecule has 0 amide bonds. The molecule has 0 atom stereocenters. The molecule has 2 rings (SSSR count). The Hall–Kier alpha value is -1.54. The van der Waals surface area contributed by atoms with Gasteiger partial charge in [0.1, 0.15) is 0 Å². The predicted octanol–water partition coefficient (Wildman–Crippen LogP) is 3.08. The summed E-state index contributed by atoms with van der Waals surface area (Å²) in [4.78, 5) is 3.07. The fraction of sp³-hybridized carbons (Fsp3) is 0.333. The molecule has 1 heterocycles. The smallest absolute Gasteiger partial charge is 0.0220 e. The molecule has 17 heavy (non-hydrogen) atoms. The molecule has 0 saturated carbocycles. The van der Waals surface area contributed by atoms with Gasteiger partial charge >= 0.3 is 0 Å². The van der Waals surface area contributed by atoms with E-state index in [2.05, 4.69) is 60.5 Å². The molecule has 90 valence electrons. The summed E-state index contributed by atoms with van der Waals surface area (Å²) in [6.07, 6.45) is 3.99. The summed E-state index contributed by atoms with van der Waals surface area (Å²) >= 11 is 0. The zero-order chi connectivity index (χ0) is 12.1. The van der Waals surface area contributed by atoms with Crippen LogP contribution in [-0.2, 0) is 12.0 Å². The lowest BCUT2D eigenvalue weighted by atomic mass is 9.84. The van der Waals surface area contributed by atoms with E-state index in [9.17, 15) is 0 Å². The average Bonchev–Trinajstić information content (AvgIpc) is 2.83. The number of nitrogens with one attached hydrogen (secondary N) is 2. The standard InChI is InChI=1S/C15H20N2/c1-15(2,14-6-4-3-5-7-14)12-17-11-13-8-9-16-10-13/h3-10,16-17H,11-12H2,1-2H3. The number of benzene rings is 1. The molecule has 1 aromatic carbocycles. The van der Waals surface area contributed by atoms with Crippen LogP contribution in [0.4, 0.5) is 0 Å². The minimum atomic E-state index is 0.164. The van der Waals surface area contributed by atoms with Crippen LogP contribution in [0.3, 0.4) is 0 Å². The van der Waals surface area contributed by atoms with Crippen molar-refractivity contribution in [2.45, 2.75) is 25.8 Å². The number of aromatic nitrogens is 1. The Labute approximate surface area is 103 Å². The van der Waals surface area contributed by atoms with E-state index in [1.807, 2.05) is 12.4 Å². The molecule has 2 nitrogen and oxygen atoms in total. The number of rotatable bonds is 5. The SMILES string of the molecule is CC(C)(CNCc1cc[nH]c1)c1ccccc1. The van der Waals surface area contributed by atoms with E-state index in [1.165, 1.54) is 11.1 Å². The van der Waals surface area contributed by atoms with E-state index in [0.29, 0.717) is 0 Å². The fourth-order valence-corrected chi connectivity index (χ4v) is 1.98. The van der Waals surface area contributed by atoms with Gasteiger partial charge in [-0.05, 0) is 17.2 Å². The van der Waals surface area contributed by atoms with Crippen LogP contribution in [0.1, 0.15) is 25.0 Å². The Bertz CT molecular complexity index is 429. The van der Waals surface area contributed by atoms with Crippen LogP contribution in [0.2, 0.25) is 0 Å². The van der Waals surface area contributed by atoms with Gasteiger partial charge in [0.05, 0.1) is 0 Å². The highest BCUT2D eigenvalue weighted by molar-refractivity contribution is 5.24. The predicted molar refractivity (Wildman–Crippen MR) is 72.0 cm³/mol. The third-order valence-electron chi connectivity index (χ3n) is 3.11. The van der Waals surface area contributed by atoms with Crippen molar-refractivity contribution < 1.29 is 0 Å². The van der Waals surface area contributed by atoms with Gasteiger partial charge in [-0.1, -0.05) is 44.2 Å². The van der Waals surface area contributed by atoms with Crippen molar-refractivity contribution in [3.05, 3.63) is 59.9 Å². The summed E-state index contributed by atoms with van der Waals surface area (Å²) < 4.78 is 0. The summed E-state index contributed by atoms with van der Waals surface area (Å²) in [5.74, 6) is 0. The molecule has 0 unspecified atom stereocenters. The third kappa shape index (κ3) is 3.21. The van der Waals surface area contributed by atoms with E-state index in [1.54, 1.807) is 0 Å². The van der Waals surface area contributed by atoms with Crippen molar-refractivity contribution in [1.29, 1.82) is 0 Å². The third-order valence-corrected chi connectivity index (χ3v) is 3.11. The summed E-state index contributed by atoms with van der Waals surface area (Å²) in [6, 6.07) is 12.7. The largest absolute Gasteiger partial charge is 0.367 e. The summed E-state index contributed by atoms with van der Waals surface area (Å²) in [7, 11) is 0. The van der Waals surface area contributed by atoms with Crippen molar-refractivity contribution >= 4 is 0 Å². The van der Waals surface area contributed by atoms with E-state index < -0.39 is 0 Å². The Balaban J connectivity index is 1.90. The molecule has 0 aliphatic rings. The highest BCUT2D eigenvalue weighted by atomic mass is 14.9. The lowest BCUT2D eigenvalue weighted by Gasteiger charge is -2.25. The normalized spacial score (nSPS) is 11.6. The molecular formula is C15H20N2. The summed E-state index contributed by atoms with van der Waals surface area (Å²) in [5.41, 5.74) is 2.84. The Morgan fingerprint density at radius 2 is 1.88 bits per heavy atom. The number of aromatic amines is 1. The molecule has 0 aliphatic carbocycles. The van der Waals surface area contributed by atoms with Gasteiger partial charge in [0.25, 0.3) is 0 Å². The maximum atomic E-state index is 3.51. The minimum Gasteiger partial charge on any atom is -0.367 e. The highest BCUT2D eigenvalue weighted by Gasteiger charge is 2.19. The van der Waals surface area contributed by atoms with Crippen molar-refractivity contribution in [2.24, 2.45) is 0 Å². The van der Waals surface area contributed by atoms with Crippen molar-refractivity contribution in [3.63, 3.8) is 0 Å². The first kappa shape index (κ1) is 11.9. The van der Waals surface area contributed by atoms with Gasteiger partial charge in [-0.25, -0.2) is 0 Å². The van der Waals surface area contributed by atoms with E-state index >= 15 is 0 Å². The van der Waals surface area contributed by atoms with Crippen molar-refractivity contribution in [3.8, 4) is 0 Å². The lowest BCUT2D eigenvalue weighted by Crippen LogP contribution is -2.32. The Morgan fingerprint density at radius 1 is 1.12 bits per heavy atom. The number of hydrogen-bond donors (Lipinski definition) is 2.